The van der Waals surface area contributed by atoms with Crippen LogP contribution < -0.4 is 5.73 Å². The van der Waals surface area contributed by atoms with E-state index in [0.29, 0.717) is 17.2 Å². The van der Waals surface area contributed by atoms with Crippen LogP contribution in [-0.4, -0.2) is 12.6 Å². The lowest BCUT2D eigenvalue weighted by Gasteiger charge is -2.29. The zero-order valence-electron chi connectivity index (χ0n) is 8.25. The molecule has 0 saturated carbocycles. The highest BCUT2D eigenvalue weighted by atomic mass is 35.5. The molecule has 1 aromatic rings. The van der Waals surface area contributed by atoms with Crippen molar-refractivity contribution in [3.8, 4) is 0 Å². The Hall–Kier alpha value is -0.640. The summed E-state index contributed by atoms with van der Waals surface area (Å²) in [4.78, 5) is 0. The van der Waals surface area contributed by atoms with E-state index in [0.717, 1.165) is 12.8 Å². The largest absolute Gasteiger partial charge is 0.372 e. The highest BCUT2D eigenvalue weighted by molar-refractivity contribution is 6.30. The van der Waals surface area contributed by atoms with E-state index >= 15 is 0 Å². The molecule has 2 nitrogen and oxygen atoms in total. The molecule has 0 radical (unpaired) electrons. The van der Waals surface area contributed by atoms with Gasteiger partial charge in [-0.3, -0.25) is 0 Å². The van der Waals surface area contributed by atoms with Gasteiger partial charge in [0.25, 0.3) is 0 Å². The Labute approximate surface area is 93.2 Å². The van der Waals surface area contributed by atoms with Gasteiger partial charge in [-0.25, -0.2) is 4.39 Å². The highest BCUT2D eigenvalue weighted by Crippen LogP contribution is 2.30. The fraction of sp³-hybridized carbons (Fsp3) is 0.455. The summed E-state index contributed by atoms with van der Waals surface area (Å²) in [6.07, 6.45) is 1.42. The Morgan fingerprint density at radius 2 is 2.27 bits per heavy atom. The molecule has 1 fully saturated rings. The zero-order chi connectivity index (χ0) is 10.8. The molecule has 1 aromatic carbocycles. The summed E-state index contributed by atoms with van der Waals surface area (Å²) < 4.78 is 19.0. The second-order valence-electron chi connectivity index (χ2n) is 3.76. The van der Waals surface area contributed by atoms with Gasteiger partial charge in [0, 0.05) is 23.2 Å². The predicted molar refractivity (Wildman–Crippen MR) is 57.3 cm³/mol. The molecule has 1 saturated heterocycles. The molecule has 1 aliphatic rings. The van der Waals surface area contributed by atoms with E-state index in [2.05, 4.69) is 0 Å². The van der Waals surface area contributed by atoms with Crippen molar-refractivity contribution in [1.29, 1.82) is 0 Å². The molecule has 0 bridgehead atoms. The maximum Gasteiger partial charge on any atom is 0.129 e. The molecule has 0 aromatic heterocycles. The van der Waals surface area contributed by atoms with Crippen LogP contribution in [0.4, 0.5) is 4.39 Å². The summed E-state index contributed by atoms with van der Waals surface area (Å²) in [5.74, 6) is -0.304. The highest BCUT2D eigenvalue weighted by Gasteiger charge is 2.26. The van der Waals surface area contributed by atoms with E-state index in [-0.39, 0.29) is 18.0 Å². The second-order valence-corrected chi connectivity index (χ2v) is 4.20. The number of benzene rings is 1. The minimum absolute atomic E-state index is 0.147. The standard InChI is InChI=1S/C11H13ClFNO/c12-7-3-4-9(13)8(6-7)11-10(14)2-1-5-15-11/h3-4,6,10-11H,1-2,5,14H2. The van der Waals surface area contributed by atoms with E-state index in [1.54, 1.807) is 6.07 Å². The summed E-state index contributed by atoms with van der Waals surface area (Å²) in [5.41, 5.74) is 6.36. The first kappa shape index (κ1) is 10.9. The summed E-state index contributed by atoms with van der Waals surface area (Å²) in [7, 11) is 0. The summed E-state index contributed by atoms with van der Waals surface area (Å²) >= 11 is 5.82. The van der Waals surface area contributed by atoms with Gasteiger partial charge in [0.15, 0.2) is 0 Å². The lowest BCUT2D eigenvalue weighted by atomic mass is 9.96. The van der Waals surface area contributed by atoms with Crippen LogP contribution in [0.15, 0.2) is 18.2 Å². The third kappa shape index (κ3) is 2.30. The van der Waals surface area contributed by atoms with Crippen LogP contribution in [0.2, 0.25) is 5.02 Å². The van der Waals surface area contributed by atoms with Crippen molar-refractivity contribution in [1.82, 2.24) is 0 Å². The smallest absolute Gasteiger partial charge is 0.129 e. The predicted octanol–water partition coefficient (Wildman–Crippen LogP) is 2.66. The minimum Gasteiger partial charge on any atom is -0.372 e. The molecule has 4 heteroatoms. The number of rotatable bonds is 1. The van der Waals surface area contributed by atoms with Gasteiger partial charge >= 0.3 is 0 Å². The average molecular weight is 230 g/mol. The van der Waals surface area contributed by atoms with Crippen LogP contribution in [0.5, 0.6) is 0 Å². The Morgan fingerprint density at radius 3 is 3.00 bits per heavy atom. The van der Waals surface area contributed by atoms with Crippen LogP contribution in [-0.2, 0) is 4.74 Å². The molecule has 2 rings (SSSR count). The molecule has 1 aliphatic heterocycles. The Morgan fingerprint density at radius 1 is 1.47 bits per heavy atom. The van der Waals surface area contributed by atoms with Crippen molar-refractivity contribution in [2.45, 2.75) is 25.0 Å². The van der Waals surface area contributed by atoms with Gasteiger partial charge in [0.1, 0.15) is 11.9 Å². The SMILES string of the molecule is NC1CCCOC1c1cc(Cl)ccc1F. The number of hydrogen-bond donors (Lipinski definition) is 1. The number of ether oxygens (including phenoxy) is 1. The zero-order valence-corrected chi connectivity index (χ0v) is 9.01. The molecule has 15 heavy (non-hydrogen) atoms. The lowest BCUT2D eigenvalue weighted by molar-refractivity contribution is -0.00187. The fourth-order valence-electron chi connectivity index (χ4n) is 1.86. The molecule has 82 valence electrons. The van der Waals surface area contributed by atoms with Crippen LogP contribution in [0.25, 0.3) is 0 Å². The van der Waals surface area contributed by atoms with Crippen LogP contribution in [0, 0.1) is 5.82 Å². The van der Waals surface area contributed by atoms with Gasteiger partial charge in [0.05, 0.1) is 0 Å². The Kier molecular flexibility index (Phi) is 3.24. The van der Waals surface area contributed by atoms with Crippen molar-refractivity contribution in [2.24, 2.45) is 5.73 Å². The molecule has 2 N–H and O–H groups in total. The second kappa shape index (κ2) is 4.47. The quantitative estimate of drug-likeness (QED) is 0.804. The van der Waals surface area contributed by atoms with Gasteiger partial charge in [-0.15, -0.1) is 0 Å². The van der Waals surface area contributed by atoms with Gasteiger partial charge in [-0.2, -0.15) is 0 Å². The van der Waals surface area contributed by atoms with Gasteiger partial charge in [-0.1, -0.05) is 11.6 Å². The first-order chi connectivity index (χ1) is 7.18. The molecule has 0 amide bonds. The fourth-order valence-corrected chi connectivity index (χ4v) is 2.04. The van der Waals surface area contributed by atoms with E-state index < -0.39 is 0 Å². The van der Waals surface area contributed by atoms with Gasteiger partial charge in [-0.05, 0) is 31.0 Å². The maximum atomic E-state index is 13.5. The number of nitrogens with two attached hydrogens (primary N) is 1. The first-order valence-electron chi connectivity index (χ1n) is 5.00. The molecule has 0 aliphatic carbocycles. The average Bonchev–Trinajstić information content (AvgIpc) is 2.23. The summed E-state index contributed by atoms with van der Waals surface area (Å²) in [6.45, 7) is 0.629. The van der Waals surface area contributed by atoms with E-state index in [1.165, 1.54) is 12.1 Å². The Bertz CT molecular complexity index is 358. The number of halogens is 2. The van der Waals surface area contributed by atoms with Crippen LogP contribution >= 0.6 is 11.6 Å². The summed E-state index contributed by atoms with van der Waals surface area (Å²) in [6, 6.07) is 4.32. The van der Waals surface area contributed by atoms with Crippen molar-refractivity contribution in [3.05, 3.63) is 34.6 Å². The van der Waals surface area contributed by atoms with Crippen molar-refractivity contribution in [3.63, 3.8) is 0 Å². The molecule has 1 heterocycles. The minimum atomic E-state index is -0.363. The van der Waals surface area contributed by atoms with Crippen molar-refractivity contribution in [2.75, 3.05) is 6.61 Å². The molecule has 0 spiro atoms. The molecular weight excluding hydrogens is 217 g/mol. The molecular formula is C11H13ClFNO. The van der Waals surface area contributed by atoms with E-state index in [9.17, 15) is 4.39 Å². The van der Waals surface area contributed by atoms with Crippen molar-refractivity contribution >= 4 is 11.6 Å². The van der Waals surface area contributed by atoms with E-state index in [4.69, 9.17) is 22.1 Å². The summed E-state index contributed by atoms with van der Waals surface area (Å²) in [5, 5.41) is 0.507. The third-order valence-electron chi connectivity index (χ3n) is 2.63. The van der Waals surface area contributed by atoms with Crippen LogP contribution in [0.1, 0.15) is 24.5 Å². The lowest BCUT2D eigenvalue weighted by Crippen LogP contribution is -2.34. The van der Waals surface area contributed by atoms with Crippen LogP contribution in [0.3, 0.4) is 0 Å². The molecule has 2 atom stereocenters. The maximum absolute atomic E-state index is 13.5. The monoisotopic (exact) mass is 229 g/mol. The number of hydrogen-bond acceptors (Lipinski definition) is 2. The van der Waals surface area contributed by atoms with Gasteiger partial charge in [0.2, 0.25) is 0 Å². The first-order valence-corrected chi connectivity index (χ1v) is 5.38. The normalized spacial score (nSPS) is 26.6. The topological polar surface area (TPSA) is 35.2 Å². The van der Waals surface area contributed by atoms with E-state index in [1.807, 2.05) is 0 Å². The molecule has 2 unspecified atom stereocenters. The van der Waals surface area contributed by atoms with Crippen molar-refractivity contribution < 1.29 is 9.13 Å². The van der Waals surface area contributed by atoms with Gasteiger partial charge < -0.3 is 10.5 Å². The third-order valence-corrected chi connectivity index (χ3v) is 2.87. The Balaban J connectivity index is 2.30.